The van der Waals surface area contributed by atoms with Crippen molar-refractivity contribution in [3.05, 3.63) is 29.5 Å². The van der Waals surface area contributed by atoms with E-state index in [1.54, 1.807) is 0 Å². The van der Waals surface area contributed by atoms with Crippen LogP contribution in [0, 0.1) is 6.92 Å². The Morgan fingerprint density at radius 1 is 1.25 bits per heavy atom. The summed E-state index contributed by atoms with van der Waals surface area (Å²) in [4.78, 5) is 0. The molecule has 1 fully saturated rings. The lowest BCUT2D eigenvalue weighted by Gasteiger charge is -2.23. The topological polar surface area (TPSA) is 40.7 Å². The molecule has 0 radical (unpaired) electrons. The smallest absolute Gasteiger partial charge is 0.0682 e. The SMILES string of the molecule is Cc1ccc(C2CCNCC2)c2cn[nH]c12. The van der Waals surface area contributed by atoms with Gasteiger partial charge in [0, 0.05) is 5.39 Å². The van der Waals surface area contributed by atoms with Gasteiger partial charge in [-0.2, -0.15) is 5.10 Å². The summed E-state index contributed by atoms with van der Waals surface area (Å²) >= 11 is 0. The third-order valence-corrected chi connectivity index (χ3v) is 3.64. The number of hydrogen-bond acceptors (Lipinski definition) is 2. The van der Waals surface area contributed by atoms with Crippen molar-refractivity contribution >= 4 is 10.9 Å². The maximum absolute atomic E-state index is 4.18. The summed E-state index contributed by atoms with van der Waals surface area (Å²) in [5, 5.41) is 12.0. The molecule has 0 aliphatic carbocycles. The van der Waals surface area contributed by atoms with Crippen molar-refractivity contribution in [3.63, 3.8) is 0 Å². The number of piperidine rings is 1. The Morgan fingerprint density at radius 2 is 2.06 bits per heavy atom. The minimum atomic E-state index is 0.696. The summed E-state index contributed by atoms with van der Waals surface area (Å²) in [6.45, 7) is 4.41. The Balaban J connectivity index is 2.08. The standard InChI is InChI=1S/C13H17N3/c1-9-2-3-11(10-4-6-14-7-5-10)12-8-15-16-13(9)12/h2-3,8,10,14H,4-7H2,1H3,(H,15,16). The van der Waals surface area contributed by atoms with Gasteiger partial charge in [-0.1, -0.05) is 12.1 Å². The second-order valence-corrected chi connectivity index (χ2v) is 4.65. The van der Waals surface area contributed by atoms with Crippen LogP contribution in [0.1, 0.15) is 29.9 Å². The summed E-state index contributed by atoms with van der Waals surface area (Å²) in [5.41, 5.74) is 3.96. The predicted octanol–water partition coefficient (Wildman–Crippen LogP) is 2.34. The van der Waals surface area contributed by atoms with Gasteiger partial charge in [-0.3, -0.25) is 5.10 Å². The molecule has 84 valence electrons. The van der Waals surface area contributed by atoms with Gasteiger partial charge in [-0.15, -0.1) is 0 Å². The Kier molecular flexibility index (Phi) is 2.40. The Morgan fingerprint density at radius 3 is 2.88 bits per heavy atom. The zero-order chi connectivity index (χ0) is 11.0. The Bertz CT molecular complexity index is 495. The third-order valence-electron chi connectivity index (χ3n) is 3.64. The van der Waals surface area contributed by atoms with Gasteiger partial charge in [-0.25, -0.2) is 0 Å². The van der Waals surface area contributed by atoms with Gasteiger partial charge in [0.1, 0.15) is 0 Å². The number of H-pyrrole nitrogens is 1. The molecule has 3 nitrogen and oxygen atoms in total. The molecule has 0 spiro atoms. The lowest BCUT2D eigenvalue weighted by atomic mass is 9.87. The maximum atomic E-state index is 4.18. The van der Waals surface area contributed by atoms with Crippen molar-refractivity contribution in [3.8, 4) is 0 Å². The molecule has 1 aromatic heterocycles. The van der Waals surface area contributed by atoms with E-state index in [1.807, 2.05) is 6.20 Å². The average molecular weight is 215 g/mol. The first kappa shape index (κ1) is 9.85. The zero-order valence-corrected chi connectivity index (χ0v) is 9.59. The number of aryl methyl sites for hydroxylation is 1. The van der Waals surface area contributed by atoms with Crippen LogP contribution in [0.2, 0.25) is 0 Å². The van der Waals surface area contributed by atoms with E-state index in [0.717, 1.165) is 13.1 Å². The van der Waals surface area contributed by atoms with Gasteiger partial charge in [0.15, 0.2) is 0 Å². The number of rotatable bonds is 1. The summed E-state index contributed by atoms with van der Waals surface area (Å²) in [6.07, 6.45) is 4.45. The average Bonchev–Trinajstić information content (AvgIpc) is 2.81. The number of hydrogen-bond donors (Lipinski definition) is 2. The number of aromatic amines is 1. The molecule has 2 heterocycles. The van der Waals surface area contributed by atoms with Crippen molar-refractivity contribution in [2.45, 2.75) is 25.7 Å². The number of benzene rings is 1. The van der Waals surface area contributed by atoms with E-state index >= 15 is 0 Å². The van der Waals surface area contributed by atoms with E-state index in [9.17, 15) is 0 Å². The van der Waals surface area contributed by atoms with E-state index in [4.69, 9.17) is 0 Å². The molecule has 0 bridgehead atoms. The van der Waals surface area contributed by atoms with E-state index in [0.29, 0.717) is 5.92 Å². The summed E-state index contributed by atoms with van der Waals surface area (Å²) in [7, 11) is 0. The Labute approximate surface area is 95.2 Å². The molecule has 1 saturated heterocycles. The molecule has 0 atom stereocenters. The summed E-state index contributed by atoms with van der Waals surface area (Å²) < 4.78 is 0. The van der Waals surface area contributed by atoms with E-state index in [1.165, 1.54) is 34.9 Å². The van der Waals surface area contributed by atoms with Crippen LogP contribution >= 0.6 is 0 Å². The van der Waals surface area contributed by atoms with Gasteiger partial charge < -0.3 is 5.32 Å². The van der Waals surface area contributed by atoms with Crippen LogP contribution in [0.25, 0.3) is 10.9 Å². The molecule has 0 amide bonds. The number of nitrogens with one attached hydrogen (secondary N) is 2. The van der Waals surface area contributed by atoms with Crippen molar-refractivity contribution < 1.29 is 0 Å². The normalized spacial score (nSPS) is 18.1. The van der Waals surface area contributed by atoms with Gasteiger partial charge in [-0.05, 0) is 49.9 Å². The quantitative estimate of drug-likeness (QED) is 0.766. The molecular formula is C13H17N3. The monoisotopic (exact) mass is 215 g/mol. The first-order valence-corrected chi connectivity index (χ1v) is 5.99. The van der Waals surface area contributed by atoms with Crippen LogP contribution in [0.4, 0.5) is 0 Å². The molecular weight excluding hydrogens is 198 g/mol. The Hall–Kier alpha value is -1.35. The molecule has 3 heteroatoms. The highest BCUT2D eigenvalue weighted by Gasteiger charge is 2.18. The number of fused-ring (bicyclic) bond motifs is 1. The first-order valence-electron chi connectivity index (χ1n) is 5.99. The van der Waals surface area contributed by atoms with Crippen LogP contribution in [-0.4, -0.2) is 23.3 Å². The minimum Gasteiger partial charge on any atom is -0.317 e. The third kappa shape index (κ3) is 1.52. The van der Waals surface area contributed by atoms with Crippen molar-refractivity contribution in [1.29, 1.82) is 0 Å². The fourth-order valence-electron chi connectivity index (χ4n) is 2.68. The van der Waals surface area contributed by atoms with Crippen LogP contribution in [0.15, 0.2) is 18.3 Å². The summed E-state index contributed by atoms with van der Waals surface area (Å²) in [6, 6.07) is 4.49. The van der Waals surface area contributed by atoms with E-state index in [-0.39, 0.29) is 0 Å². The van der Waals surface area contributed by atoms with Crippen molar-refractivity contribution in [1.82, 2.24) is 15.5 Å². The number of aromatic nitrogens is 2. The van der Waals surface area contributed by atoms with Crippen molar-refractivity contribution in [2.24, 2.45) is 0 Å². The molecule has 3 rings (SSSR count). The second kappa shape index (κ2) is 3.91. The maximum Gasteiger partial charge on any atom is 0.0682 e. The highest BCUT2D eigenvalue weighted by molar-refractivity contribution is 5.85. The van der Waals surface area contributed by atoms with E-state index < -0.39 is 0 Å². The highest BCUT2D eigenvalue weighted by atomic mass is 15.1. The summed E-state index contributed by atoms with van der Waals surface area (Å²) in [5.74, 6) is 0.696. The first-order chi connectivity index (χ1) is 7.86. The predicted molar refractivity (Wildman–Crippen MR) is 65.7 cm³/mol. The fraction of sp³-hybridized carbons (Fsp3) is 0.462. The molecule has 0 unspecified atom stereocenters. The second-order valence-electron chi connectivity index (χ2n) is 4.65. The molecule has 2 aromatic rings. The van der Waals surface area contributed by atoms with Gasteiger partial charge >= 0.3 is 0 Å². The molecule has 1 aromatic carbocycles. The molecule has 0 saturated carbocycles. The molecule has 1 aliphatic heterocycles. The zero-order valence-electron chi connectivity index (χ0n) is 9.59. The van der Waals surface area contributed by atoms with Gasteiger partial charge in [0.05, 0.1) is 11.7 Å². The van der Waals surface area contributed by atoms with E-state index in [2.05, 4.69) is 34.6 Å². The van der Waals surface area contributed by atoms with Crippen LogP contribution in [-0.2, 0) is 0 Å². The van der Waals surface area contributed by atoms with Crippen LogP contribution in [0.5, 0.6) is 0 Å². The molecule has 2 N–H and O–H groups in total. The highest BCUT2D eigenvalue weighted by Crippen LogP contribution is 2.31. The lowest BCUT2D eigenvalue weighted by Crippen LogP contribution is -2.26. The minimum absolute atomic E-state index is 0.696. The number of nitrogens with zero attached hydrogens (tertiary/aromatic N) is 1. The van der Waals surface area contributed by atoms with Gasteiger partial charge in [0.2, 0.25) is 0 Å². The largest absolute Gasteiger partial charge is 0.317 e. The van der Waals surface area contributed by atoms with Gasteiger partial charge in [0.25, 0.3) is 0 Å². The lowest BCUT2D eigenvalue weighted by molar-refractivity contribution is 0.462. The van der Waals surface area contributed by atoms with Crippen LogP contribution in [0.3, 0.4) is 0 Å². The molecule has 1 aliphatic rings. The van der Waals surface area contributed by atoms with Crippen LogP contribution < -0.4 is 5.32 Å². The van der Waals surface area contributed by atoms with Crippen molar-refractivity contribution in [2.75, 3.05) is 13.1 Å². The fourth-order valence-corrected chi connectivity index (χ4v) is 2.68. The molecule has 16 heavy (non-hydrogen) atoms.